The minimum atomic E-state index is -0.241. The molecule has 5 nitrogen and oxygen atoms in total. The van der Waals surface area contributed by atoms with Crippen LogP contribution in [0.15, 0.2) is 16.9 Å². The number of hydrogen-bond acceptors (Lipinski definition) is 3. The Kier molecular flexibility index (Phi) is 5.65. The van der Waals surface area contributed by atoms with Gasteiger partial charge in [0.15, 0.2) is 0 Å². The number of hydrogen-bond donors (Lipinski definition) is 2. The number of halogens is 2. The summed E-state index contributed by atoms with van der Waals surface area (Å²) in [5.41, 5.74) is 3.79. The molecular formula is C20H22Cl2N2O3. The van der Waals surface area contributed by atoms with E-state index in [1.54, 1.807) is 11.0 Å². The van der Waals surface area contributed by atoms with Crippen LogP contribution in [0.5, 0.6) is 0 Å². The molecule has 2 heterocycles. The minimum Gasteiger partial charge on any atom is -0.396 e. The predicted octanol–water partition coefficient (Wildman–Crippen LogP) is 3.59. The first-order valence-electron chi connectivity index (χ1n) is 8.84. The largest absolute Gasteiger partial charge is 0.396 e. The molecule has 1 aromatic heterocycles. The molecule has 1 amide bonds. The summed E-state index contributed by atoms with van der Waals surface area (Å²) in [5.74, 6) is -0.472. The van der Waals surface area contributed by atoms with Crippen molar-refractivity contribution in [1.29, 1.82) is 0 Å². The molecule has 0 aliphatic carbocycles. The lowest BCUT2D eigenvalue weighted by Gasteiger charge is -2.31. The van der Waals surface area contributed by atoms with Crippen molar-refractivity contribution in [3.63, 3.8) is 0 Å². The number of H-pyrrole nitrogens is 1. The van der Waals surface area contributed by atoms with Gasteiger partial charge in [0.05, 0.1) is 17.1 Å². The quantitative estimate of drug-likeness (QED) is 0.811. The van der Waals surface area contributed by atoms with E-state index in [4.69, 9.17) is 23.2 Å². The van der Waals surface area contributed by atoms with Crippen LogP contribution >= 0.6 is 23.2 Å². The number of carbonyl (C=O) groups is 1. The van der Waals surface area contributed by atoms with Gasteiger partial charge >= 0.3 is 0 Å². The van der Waals surface area contributed by atoms with Crippen LogP contribution in [-0.4, -0.2) is 34.0 Å². The first kappa shape index (κ1) is 19.9. The highest BCUT2D eigenvalue weighted by Crippen LogP contribution is 2.38. The molecule has 27 heavy (non-hydrogen) atoms. The van der Waals surface area contributed by atoms with Crippen LogP contribution in [0.1, 0.15) is 51.1 Å². The average molecular weight is 409 g/mol. The summed E-state index contributed by atoms with van der Waals surface area (Å²) >= 11 is 12.9. The molecule has 1 aliphatic rings. The number of aromatic amines is 1. The van der Waals surface area contributed by atoms with Crippen LogP contribution in [0.2, 0.25) is 10.0 Å². The second kappa shape index (κ2) is 7.66. The zero-order valence-electron chi connectivity index (χ0n) is 15.5. The normalized spacial score (nSPS) is 15.0. The molecule has 1 atom stereocenters. The number of rotatable bonds is 4. The standard InChI is InChI=1S/C20H22Cl2N2O3/c1-10-6-12(3)23-19(26)15(10)8-24-5-4-13-16(21)7-14(11(2)9-25)18(22)17(13)20(24)27/h6-7,11,25H,4-5,8-9H2,1-3H3,(H,23,26). The number of aliphatic hydroxyl groups is 1. The van der Waals surface area contributed by atoms with Crippen LogP contribution in [-0.2, 0) is 13.0 Å². The lowest BCUT2D eigenvalue weighted by Crippen LogP contribution is -2.39. The third kappa shape index (κ3) is 3.64. The summed E-state index contributed by atoms with van der Waals surface area (Å²) in [7, 11) is 0. The van der Waals surface area contributed by atoms with Crippen molar-refractivity contribution < 1.29 is 9.90 Å². The van der Waals surface area contributed by atoms with E-state index in [9.17, 15) is 14.7 Å². The average Bonchev–Trinajstić information content (AvgIpc) is 2.61. The number of aliphatic hydroxyl groups excluding tert-OH is 1. The monoisotopic (exact) mass is 408 g/mol. The lowest BCUT2D eigenvalue weighted by atomic mass is 9.91. The summed E-state index contributed by atoms with van der Waals surface area (Å²) in [5, 5.41) is 10.3. The van der Waals surface area contributed by atoms with Gasteiger partial charge in [-0.2, -0.15) is 0 Å². The number of carbonyl (C=O) groups excluding carboxylic acids is 1. The summed E-state index contributed by atoms with van der Waals surface area (Å²) in [6, 6.07) is 3.63. The Morgan fingerprint density at radius 1 is 1.26 bits per heavy atom. The fourth-order valence-electron chi connectivity index (χ4n) is 3.53. The summed E-state index contributed by atoms with van der Waals surface area (Å²) in [6.45, 7) is 6.10. The summed E-state index contributed by atoms with van der Waals surface area (Å²) < 4.78 is 0. The van der Waals surface area contributed by atoms with Crippen molar-refractivity contribution in [3.8, 4) is 0 Å². The van der Waals surface area contributed by atoms with Crippen molar-refractivity contribution in [1.82, 2.24) is 9.88 Å². The number of nitrogens with one attached hydrogen (secondary N) is 1. The Morgan fingerprint density at radius 2 is 1.96 bits per heavy atom. The SMILES string of the molecule is Cc1cc(C)c(CN2CCc3c(Cl)cc(C(C)CO)c(Cl)c3C2=O)c(=O)[nH]1. The zero-order valence-corrected chi connectivity index (χ0v) is 17.0. The lowest BCUT2D eigenvalue weighted by molar-refractivity contribution is 0.0726. The Bertz CT molecular complexity index is 969. The topological polar surface area (TPSA) is 73.4 Å². The molecule has 2 N–H and O–H groups in total. The van der Waals surface area contributed by atoms with Crippen LogP contribution in [0.3, 0.4) is 0 Å². The van der Waals surface area contributed by atoms with E-state index in [1.807, 2.05) is 26.8 Å². The van der Waals surface area contributed by atoms with E-state index >= 15 is 0 Å². The van der Waals surface area contributed by atoms with Gasteiger partial charge in [-0.15, -0.1) is 0 Å². The van der Waals surface area contributed by atoms with Gasteiger partial charge in [-0.3, -0.25) is 9.59 Å². The van der Waals surface area contributed by atoms with Gasteiger partial charge in [-0.05, 0) is 49.1 Å². The fraction of sp³-hybridized carbons (Fsp3) is 0.400. The maximum absolute atomic E-state index is 13.2. The minimum absolute atomic E-state index is 0.0926. The number of amides is 1. The van der Waals surface area contributed by atoms with Crippen LogP contribution in [0.25, 0.3) is 0 Å². The zero-order chi connectivity index (χ0) is 19.9. The van der Waals surface area contributed by atoms with Crippen molar-refractivity contribution in [3.05, 3.63) is 66.0 Å². The number of aromatic nitrogens is 1. The second-order valence-corrected chi connectivity index (χ2v) is 7.90. The summed E-state index contributed by atoms with van der Waals surface area (Å²) in [4.78, 5) is 29.9. The van der Waals surface area contributed by atoms with Crippen LogP contribution in [0.4, 0.5) is 0 Å². The fourth-order valence-corrected chi connectivity index (χ4v) is 4.28. The molecule has 144 valence electrons. The van der Waals surface area contributed by atoms with E-state index < -0.39 is 0 Å². The Balaban J connectivity index is 2.02. The Hall–Kier alpha value is -1.82. The smallest absolute Gasteiger partial charge is 0.256 e. The van der Waals surface area contributed by atoms with Gasteiger partial charge in [0.1, 0.15) is 0 Å². The third-order valence-corrected chi connectivity index (χ3v) is 5.87. The van der Waals surface area contributed by atoms with E-state index in [-0.39, 0.29) is 30.5 Å². The van der Waals surface area contributed by atoms with Gasteiger partial charge < -0.3 is 15.0 Å². The van der Waals surface area contributed by atoms with E-state index in [2.05, 4.69) is 4.98 Å². The van der Waals surface area contributed by atoms with Gasteiger partial charge in [0.25, 0.3) is 11.5 Å². The maximum Gasteiger partial charge on any atom is 0.256 e. The van der Waals surface area contributed by atoms with Crippen molar-refractivity contribution in [2.75, 3.05) is 13.2 Å². The van der Waals surface area contributed by atoms with Gasteiger partial charge in [-0.25, -0.2) is 0 Å². The van der Waals surface area contributed by atoms with Crippen molar-refractivity contribution in [2.24, 2.45) is 0 Å². The molecule has 0 saturated carbocycles. The molecule has 1 unspecified atom stereocenters. The highest BCUT2D eigenvalue weighted by atomic mass is 35.5. The number of aryl methyl sites for hydroxylation is 2. The molecule has 7 heteroatoms. The first-order chi connectivity index (χ1) is 12.7. The highest BCUT2D eigenvalue weighted by molar-refractivity contribution is 6.37. The molecule has 0 bridgehead atoms. The van der Waals surface area contributed by atoms with Gasteiger partial charge in [-0.1, -0.05) is 30.1 Å². The number of fused-ring (bicyclic) bond motifs is 1. The van der Waals surface area contributed by atoms with Gasteiger partial charge in [0.2, 0.25) is 0 Å². The Labute approximate surface area is 167 Å². The number of nitrogens with zero attached hydrogens (tertiary/aromatic N) is 1. The number of benzene rings is 1. The molecular weight excluding hydrogens is 387 g/mol. The molecule has 3 rings (SSSR count). The van der Waals surface area contributed by atoms with E-state index in [0.29, 0.717) is 39.7 Å². The molecule has 0 radical (unpaired) electrons. The van der Waals surface area contributed by atoms with Crippen molar-refractivity contribution in [2.45, 2.75) is 39.7 Å². The first-order valence-corrected chi connectivity index (χ1v) is 9.60. The third-order valence-electron chi connectivity index (χ3n) is 5.13. The van der Waals surface area contributed by atoms with E-state index in [1.165, 1.54) is 0 Å². The Morgan fingerprint density at radius 3 is 2.59 bits per heavy atom. The molecule has 1 aliphatic heterocycles. The predicted molar refractivity (Wildman–Crippen MR) is 107 cm³/mol. The van der Waals surface area contributed by atoms with Gasteiger partial charge in [0, 0.05) is 35.3 Å². The van der Waals surface area contributed by atoms with Crippen LogP contribution in [0, 0.1) is 13.8 Å². The van der Waals surface area contributed by atoms with Crippen molar-refractivity contribution >= 4 is 29.1 Å². The molecule has 0 fully saturated rings. The summed E-state index contributed by atoms with van der Waals surface area (Å²) in [6.07, 6.45) is 0.566. The molecule has 0 saturated heterocycles. The van der Waals surface area contributed by atoms with Crippen LogP contribution < -0.4 is 5.56 Å². The number of pyridine rings is 1. The molecule has 1 aromatic carbocycles. The highest BCUT2D eigenvalue weighted by Gasteiger charge is 2.31. The molecule has 0 spiro atoms. The second-order valence-electron chi connectivity index (χ2n) is 7.12. The van der Waals surface area contributed by atoms with E-state index in [0.717, 1.165) is 16.8 Å². The molecule has 2 aromatic rings. The maximum atomic E-state index is 13.2.